The van der Waals surface area contributed by atoms with Crippen LogP contribution < -0.4 is 10.2 Å². The molecule has 0 amide bonds. The third kappa shape index (κ3) is 4.25. The van der Waals surface area contributed by atoms with Gasteiger partial charge in [0, 0.05) is 42.1 Å². The summed E-state index contributed by atoms with van der Waals surface area (Å²) in [7, 11) is 0. The minimum Gasteiger partial charge on any atom is -0.370 e. The van der Waals surface area contributed by atoms with Gasteiger partial charge in [0.25, 0.3) is 0 Å². The quantitative estimate of drug-likeness (QED) is 0.394. The molecule has 1 N–H and O–H groups in total. The minimum absolute atomic E-state index is 0.410. The number of nitrogens with zero attached hydrogens (tertiary/aromatic N) is 8. The number of piperidine rings is 1. The van der Waals surface area contributed by atoms with E-state index in [-0.39, 0.29) is 0 Å². The normalized spacial score (nSPS) is 17.6. The van der Waals surface area contributed by atoms with E-state index in [1.807, 2.05) is 24.5 Å². The number of hydrogen-bond donors (Lipinski definition) is 1. The summed E-state index contributed by atoms with van der Waals surface area (Å²) >= 11 is 0. The maximum absolute atomic E-state index is 4.92. The number of fused-ring (bicyclic) bond motifs is 3. The van der Waals surface area contributed by atoms with Crippen LogP contribution in [0.3, 0.4) is 0 Å². The van der Waals surface area contributed by atoms with Crippen molar-refractivity contribution in [1.29, 1.82) is 0 Å². The van der Waals surface area contributed by atoms with Crippen molar-refractivity contribution < 1.29 is 0 Å². The number of aromatic nitrogens is 6. The van der Waals surface area contributed by atoms with Gasteiger partial charge in [-0.05, 0) is 57.0 Å². The summed E-state index contributed by atoms with van der Waals surface area (Å²) in [4.78, 5) is 19.2. The van der Waals surface area contributed by atoms with Gasteiger partial charge in [0.2, 0.25) is 5.95 Å². The third-order valence-electron chi connectivity index (χ3n) is 8.05. The predicted molar refractivity (Wildman–Crippen MR) is 144 cm³/mol. The Balaban J connectivity index is 1.20. The van der Waals surface area contributed by atoms with Crippen LogP contribution in [0.5, 0.6) is 0 Å². The smallest absolute Gasteiger partial charge is 0.230 e. The number of hydrogen-bond acceptors (Lipinski definition) is 8. The lowest BCUT2D eigenvalue weighted by Gasteiger charge is -2.38. The zero-order valence-corrected chi connectivity index (χ0v) is 21.3. The molecule has 5 heterocycles. The fraction of sp³-hybridized carbons (Fsp3) is 0.519. The van der Waals surface area contributed by atoms with Crippen molar-refractivity contribution in [2.24, 2.45) is 0 Å². The lowest BCUT2D eigenvalue weighted by Crippen LogP contribution is -2.44. The summed E-state index contributed by atoms with van der Waals surface area (Å²) in [5.41, 5.74) is 3.00. The minimum atomic E-state index is 0.410. The van der Waals surface area contributed by atoms with Crippen LogP contribution in [-0.4, -0.2) is 66.8 Å². The molecule has 1 saturated heterocycles. The molecule has 2 aliphatic rings. The van der Waals surface area contributed by atoms with Gasteiger partial charge in [-0.3, -0.25) is 0 Å². The molecule has 2 fully saturated rings. The van der Waals surface area contributed by atoms with Crippen LogP contribution in [0.25, 0.3) is 22.1 Å². The third-order valence-corrected chi connectivity index (χ3v) is 8.05. The summed E-state index contributed by atoms with van der Waals surface area (Å²) in [6, 6.07) is 7.29. The van der Waals surface area contributed by atoms with E-state index in [1.54, 1.807) is 6.20 Å². The first kappa shape index (κ1) is 23.1. The summed E-state index contributed by atoms with van der Waals surface area (Å²) in [5, 5.41) is 14.0. The van der Waals surface area contributed by atoms with E-state index in [1.165, 1.54) is 31.4 Å². The molecule has 4 aromatic rings. The van der Waals surface area contributed by atoms with Gasteiger partial charge in [-0.2, -0.15) is 10.1 Å². The molecule has 6 rings (SSSR count). The van der Waals surface area contributed by atoms with E-state index in [0.717, 1.165) is 66.9 Å². The van der Waals surface area contributed by atoms with Crippen molar-refractivity contribution in [3.05, 3.63) is 36.8 Å². The molecule has 1 aliphatic heterocycles. The molecule has 188 valence electrons. The van der Waals surface area contributed by atoms with E-state index in [4.69, 9.17) is 4.98 Å². The Morgan fingerprint density at radius 2 is 1.72 bits per heavy atom. The van der Waals surface area contributed by atoms with Gasteiger partial charge in [-0.25, -0.2) is 9.97 Å². The molecule has 1 aliphatic carbocycles. The van der Waals surface area contributed by atoms with Crippen LogP contribution in [0.15, 0.2) is 36.8 Å². The molecule has 4 aromatic heterocycles. The summed E-state index contributed by atoms with van der Waals surface area (Å²) < 4.78 is 2.27. The molecular weight excluding hydrogens is 450 g/mol. The first-order valence-corrected chi connectivity index (χ1v) is 13.5. The van der Waals surface area contributed by atoms with Crippen molar-refractivity contribution in [3.8, 4) is 0 Å². The monoisotopic (exact) mass is 485 g/mol. The average molecular weight is 486 g/mol. The van der Waals surface area contributed by atoms with Crippen molar-refractivity contribution >= 4 is 39.5 Å². The van der Waals surface area contributed by atoms with E-state index in [9.17, 15) is 0 Å². The molecule has 0 bridgehead atoms. The highest BCUT2D eigenvalue weighted by molar-refractivity contribution is 6.04. The maximum atomic E-state index is 4.92. The molecule has 36 heavy (non-hydrogen) atoms. The van der Waals surface area contributed by atoms with Gasteiger partial charge in [0.1, 0.15) is 11.5 Å². The zero-order chi connectivity index (χ0) is 24.5. The number of pyridine rings is 1. The maximum Gasteiger partial charge on any atom is 0.230 e. The van der Waals surface area contributed by atoms with Crippen LogP contribution in [0.2, 0.25) is 0 Å². The Labute approximate surface area is 212 Å². The van der Waals surface area contributed by atoms with Crippen LogP contribution in [0.4, 0.5) is 17.5 Å². The Bertz CT molecular complexity index is 1310. The zero-order valence-electron chi connectivity index (χ0n) is 21.3. The fourth-order valence-electron chi connectivity index (χ4n) is 6.12. The van der Waals surface area contributed by atoms with Crippen molar-refractivity contribution in [1.82, 2.24) is 34.6 Å². The predicted octanol–water partition coefficient (Wildman–Crippen LogP) is 4.94. The largest absolute Gasteiger partial charge is 0.370 e. The van der Waals surface area contributed by atoms with Crippen molar-refractivity contribution in [2.75, 3.05) is 36.4 Å². The SMILES string of the molecule is CCN(CC)C1CCN(c2ccc(Nc3ncc4c5ccnnc5n(C5CCCC5)c4n3)nc2)CC1. The first-order valence-electron chi connectivity index (χ1n) is 13.5. The molecule has 9 nitrogen and oxygen atoms in total. The lowest BCUT2D eigenvalue weighted by atomic mass is 10.0. The molecule has 0 atom stereocenters. The Morgan fingerprint density at radius 1 is 0.917 bits per heavy atom. The van der Waals surface area contributed by atoms with Gasteiger partial charge in [0.15, 0.2) is 5.65 Å². The summed E-state index contributed by atoms with van der Waals surface area (Å²) in [6.45, 7) is 8.93. The highest BCUT2D eigenvalue weighted by Gasteiger charge is 2.25. The molecule has 0 unspecified atom stereocenters. The number of anilines is 3. The Morgan fingerprint density at radius 3 is 2.44 bits per heavy atom. The van der Waals surface area contributed by atoms with Gasteiger partial charge in [-0.15, -0.1) is 5.10 Å². The molecule has 0 radical (unpaired) electrons. The number of rotatable bonds is 7. The van der Waals surface area contributed by atoms with E-state index in [2.05, 4.69) is 59.8 Å². The second kappa shape index (κ2) is 9.97. The van der Waals surface area contributed by atoms with E-state index >= 15 is 0 Å². The fourth-order valence-corrected chi connectivity index (χ4v) is 6.12. The molecule has 0 aromatic carbocycles. The van der Waals surface area contributed by atoms with E-state index in [0.29, 0.717) is 18.0 Å². The van der Waals surface area contributed by atoms with Gasteiger partial charge in [0.05, 0.1) is 18.1 Å². The van der Waals surface area contributed by atoms with Crippen LogP contribution in [0, 0.1) is 0 Å². The second-order valence-electron chi connectivity index (χ2n) is 9.97. The lowest BCUT2D eigenvalue weighted by molar-refractivity contribution is 0.186. The number of nitrogens with one attached hydrogen (secondary N) is 1. The summed E-state index contributed by atoms with van der Waals surface area (Å²) in [5.74, 6) is 1.30. The van der Waals surface area contributed by atoms with Gasteiger partial charge >= 0.3 is 0 Å². The molecule has 0 spiro atoms. The van der Waals surface area contributed by atoms with Crippen LogP contribution in [-0.2, 0) is 0 Å². The summed E-state index contributed by atoms with van der Waals surface area (Å²) in [6.07, 6.45) is 12.8. The van der Waals surface area contributed by atoms with Crippen molar-refractivity contribution in [2.45, 2.75) is 64.5 Å². The highest BCUT2D eigenvalue weighted by Crippen LogP contribution is 2.37. The van der Waals surface area contributed by atoms with Crippen LogP contribution in [0.1, 0.15) is 58.4 Å². The average Bonchev–Trinajstić information content (AvgIpc) is 3.56. The highest BCUT2D eigenvalue weighted by atomic mass is 15.2. The van der Waals surface area contributed by atoms with Gasteiger partial charge < -0.3 is 19.7 Å². The standard InChI is InChI=1S/C27H35N9/c1-3-34(4-2)19-12-15-35(16-13-19)21-9-10-24(28-17-21)31-27-29-18-23-22-11-14-30-33-26(22)36(25(23)32-27)20-7-5-6-8-20/h9-11,14,17-20H,3-8,12-13,15-16H2,1-2H3,(H,28,29,31,32). The second-order valence-corrected chi connectivity index (χ2v) is 9.97. The van der Waals surface area contributed by atoms with Gasteiger partial charge in [-0.1, -0.05) is 26.7 Å². The topological polar surface area (TPSA) is 87.9 Å². The van der Waals surface area contributed by atoms with Crippen LogP contribution >= 0.6 is 0 Å². The molecular formula is C27H35N9. The molecule has 9 heteroatoms. The first-order chi connectivity index (χ1) is 17.7. The molecule has 1 saturated carbocycles. The van der Waals surface area contributed by atoms with E-state index < -0.39 is 0 Å². The van der Waals surface area contributed by atoms with Crippen molar-refractivity contribution in [3.63, 3.8) is 0 Å². The Kier molecular flexibility index (Phi) is 6.39. The Hall–Kier alpha value is -3.33.